The second-order valence-corrected chi connectivity index (χ2v) is 5.47. The molecule has 2 heterocycles. The molecule has 0 bridgehead atoms. The van der Waals surface area contributed by atoms with Gasteiger partial charge in [0.2, 0.25) is 5.91 Å². The topological polar surface area (TPSA) is 59.3 Å². The van der Waals surface area contributed by atoms with Gasteiger partial charge in [0.1, 0.15) is 0 Å². The second-order valence-electron chi connectivity index (χ2n) is 4.62. The molecule has 0 saturated carbocycles. The summed E-state index contributed by atoms with van der Waals surface area (Å²) in [6.07, 6.45) is 5.14. The summed E-state index contributed by atoms with van der Waals surface area (Å²) in [5.41, 5.74) is 1.71. The number of benzene rings is 1. The molecule has 0 atom stereocenters. The number of halogens is 1. The molecule has 6 heteroatoms. The highest BCUT2D eigenvalue weighted by Crippen LogP contribution is 2.16. The normalized spacial score (nSPS) is 11.1. The first-order valence-electron chi connectivity index (χ1n) is 6.73. The molecule has 22 heavy (non-hydrogen) atoms. The summed E-state index contributed by atoms with van der Waals surface area (Å²) in [6, 6.07) is 13.4. The van der Waals surface area contributed by atoms with Crippen molar-refractivity contribution >= 4 is 33.6 Å². The van der Waals surface area contributed by atoms with Gasteiger partial charge in [0.05, 0.1) is 6.54 Å². The molecule has 1 aromatic carbocycles. The van der Waals surface area contributed by atoms with E-state index in [2.05, 4.69) is 31.4 Å². The van der Waals surface area contributed by atoms with Gasteiger partial charge in [0.25, 0.3) is 0 Å². The number of fused-ring (bicyclic) bond motifs is 1. The molecule has 0 aliphatic carbocycles. The highest BCUT2D eigenvalue weighted by atomic mass is 79.9. The molecular weight excluding hydrogens is 344 g/mol. The summed E-state index contributed by atoms with van der Waals surface area (Å²) in [5, 5.41) is 10.9. The summed E-state index contributed by atoms with van der Waals surface area (Å²) in [6.45, 7) is 0.324. The minimum atomic E-state index is -0.177. The number of nitrogens with one attached hydrogen (secondary N) is 1. The van der Waals surface area contributed by atoms with Gasteiger partial charge in [-0.2, -0.15) is 0 Å². The van der Waals surface area contributed by atoms with Crippen LogP contribution in [0, 0.1) is 0 Å². The van der Waals surface area contributed by atoms with E-state index in [0.717, 1.165) is 15.7 Å². The van der Waals surface area contributed by atoms with Crippen LogP contribution < -0.4 is 5.32 Å². The summed E-state index contributed by atoms with van der Waals surface area (Å²) in [7, 11) is 0. The zero-order valence-electron chi connectivity index (χ0n) is 11.6. The van der Waals surface area contributed by atoms with Crippen LogP contribution in [0.3, 0.4) is 0 Å². The largest absolute Gasteiger partial charge is 0.345 e. The summed E-state index contributed by atoms with van der Waals surface area (Å²) in [4.78, 5) is 11.9. The Hall–Kier alpha value is -2.47. The van der Waals surface area contributed by atoms with E-state index < -0.39 is 0 Å². The lowest BCUT2D eigenvalue weighted by atomic mass is 10.2. The van der Waals surface area contributed by atoms with E-state index in [1.807, 2.05) is 53.1 Å². The van der Waals surface area contributed by atoms with E-state index in [1.165, 1.54) is 6.08 Å². The number of amides is 1. The van der Waals surface area contributed by atoms with Gasteiger partial charge in [-0.25, -0.2) is 0 Å². The Bertz CT molecular complexity index is 841. The van der Waals surface area contributed by atoms with Crippen LogP contribution >= 0.6 is 15.9 Å². The molecule has 110 valence electrons. The molecule has 0 radical (unpaired) electrons. The lowest BCUT2D eigenvalue weighted by Crippen LogP contribution is -2.21. The fraction of sp³-hybridized carbons (Fsp3) is 0.0625. The summed E-state index contributed by atoms with van der Waals surface area (Å²) < 4.78 is 2.79. The van der Waals surface area contributed by atoms with Gasteiger partial charge < -0.3 is 5.32 Å². The molecular formula is C16H13BrN4O. The Morgan fingerprint density at radius 2 is 2.00 bits per heavy atom. The van der Waals surface area contributed by atoms with Gasteiger partial charge in [-0.05, 0) is 29.8 Å². The van der Waals surface area contributed by atoms with Crippen LogP contribution in [0.4, 0.5) is 0 Å². The third-order valence-electron chi connectivity index (χ3n) is 3.12. The Balaban J connectivity index is 1.64. The number of nitrogens with zero attached hydrogens (tertiary/aromatic N) is 3. The van der Waals surface area contributed by atoms with E-state index in [0.29, 0.717) is 12.4 Å². The maximum absolute atomic E-state index is 11.9. The molecule has 3 aromatic rings. The van der Waals surface area contributed by atoms with Crippen molar-refractivity contribution in [2.45, 2.75) is 6.54 Å². The zero-order valence-corrected chi connectivity index (χ0v) is 13.2. The Kier molecular flexibility index (Phi) is 4.29. The quantitative estimate of drug-likeness (QED) is 0.731. The standard InChI is InChI=1S/C16H13BrN4O/c17-13-6-2-1-5-12(13)8-9-16(22)18-11-15-20-19-14-7-3-4-10-21(14)15/h1-10H,11H2,(H,18,22). The number of carbonyl (C=O) groups excluding carboxylic acids is 1. The van der Waals surface area contributed by atoms with Crippen LogP contribution in [-0.4, -0.2) is 20.5 Å². The molecule has 1 N–H and O–H groups in total. The average molecular weight is 357 g/mol. The minimum Gasteiger partial charge on any atom is -0.345 e. The lowest BCUT2D eigenvalue weighted by molar-refractivity contribution is -0.116. The molecule has 0 fully saturated rings. The van der Waals surface area contributed by atoms with Crippen LogP contribution in [0.15, 0.2) is 59.2 Å². The van der Waals surface area contributed by atoms with Crippen molar-refractivity contribution in [2.24, 2.45) is 0 Å². The molecule has 3 rings (SSSR count). The number of carbonyl (C=O) groups is 1. The van der Waals surface area contributed by atoms with E-state index in [1.54, 1.807) is 6.08 Å². The fourth-order valence-corrected chi connectivity index (χ4v) is 2.43. The van der Waals surface area contributed by atoms with E-state index in [4.69, 9.17) is 0 Å². The van der Waals surface area contributed by atoms with Crippen molar-refractivity contribution in [3.8, 4) is 0 Å². The average Bonchev–Trinajstić information content (AvgIpc) is 2.95. The third-order valence-corrected chi connectivity index (χ3v) is 3.85. The SMILES string of the molecule is O=C(C=Cc1ccccc1Br)NCc1nnc2ccccn12. The number of pyridine rings is 1. The molecule has 0 aliphatic rings. The first kappa shape index (κ1) is 14.5. The van der Waals surface area contributed by atoms with Crippen molar-refractivity contribution in [2.75, 3.05) is 0 Å². The Labute approximate surface area is 135 Å². The van der Waals surface area contributed by atoms with Crippen LogP contribution in [0.1, 0.15) is 11.4 Å². The van der Waals surface area contributed by atoms with Gasteiger partial charge in [-0.15, -0.1) is 10.2 Å². The number of hydrogen-bond acceptors (Lipinski definition) is 3. The third kappa shape index (κ3) is 3.23. The maximum atomic E-state index is 11.9. The van der Waals surface area contributed by atoms with Crippen LogP contribution in [0.25, 0.3) is 11.7 Å². The molecule has 0 aliphatic heterocycles. The van der Waals surface area contributed by atoms with Crippen LogP contribution in [0.2, 0.25) is 0 Å². The fourth-order valence-electron chi connectivity index (χ4n) is 2.01. The predicted molar refractivity (Wildman–Crippen MR) is 88.0 cm³/mol. The van der Waals surface area contributed by atoms with Crippen LogP contribution in [0.5, 0.6) is 0 Å². The molecule has 0 spiro atoms. The molecule has 1 amide bonds. The minimum absolute atomic E-state index is 0.177. The van der Waals surface area contributed by atoms with E-state index >= 15 is 0 Å². The highest BCUT2D eigenvalue weighted by molar-refractivity contribution is 9.10. The summed E-state index contributed by atoms with van der Waals surface area (Å²) >= 11 is 3.44. The van der Waals surface area contributed by atoms with Crippen molar-refractivity contribution in [1.29, 1.82) is 0 Å². The van der Waals surface area contributed by atoms with Crippen molar-refractivity contribution < 1.29 is 4.79 Å². The van der Waals surface area contributed by atoms with Gasteiger partial charge in [-0.1, -0.05) is 40.2 Å². The molecule has 0 saturated heterocycles. The van der Waals surface area contributed by atoms with Crippen molar-refractivity contribution in [3.63, 3.8) is 0 Å². The van der Waals surface area contributed by atoms with Gasteiger partial charge in [0.15, 0.2) is 11.5 Å². The van der Waals surface area contributed by atoms with Gasteiger partial charge in [-0.3, -0.25) is 9.20 Å². The second kappa shape index (κ2) is 6.53. The molecule has 2 aromatic heterocycles. The highest BCUT2D eigenvalue weighted by Gasteiger charge is 2.05. The Morgan fingerprint density at radius 1 is 1.18 bits per heavy atom. The smallest absolute Gasteiger partial charge is 0.244 e. The number of rotatable bonds is 4. The first-order chi connectivity index (χ1) is 10.7. The molecule has 5 nitrogen and oxygen atoms in total. The zero-order chi connectivity index (χ0) is 15.4. The summed E-state index contributed by atoms with van der Waals surface area (Å²) in [5.74, 6) is 0.515. The monoisotopic (exact) mass is 356 g/mol. The predicted octanol–water partition coefficient (Wildman–Crippen LogP) is 2.82. The van der Waals surface area contributed by atoms with E-state index in [-0.39, 0.29) is 5.91 Å². The number of hydrogen-bond donors (Lipinski definition) is 1. The first-order valence-corrected chi connectivity index (χ1v) is 7.52. The number of aromatic nitrogens is 3. The van der Waals surface area contributed by atoms with Crippen molar-refractivity contribution in [1.82, 2.24) is 19.9 Å². The lowest BCUT2D eigenvalue weighted by Gasteiger charge is -2.01. The van der Waals surface area contributed by atoms with Crippen LogP contribution in [-0.2, 0) is 11.3 Å². The van der Waals surface area contributed by atoms with Crippen molar-refractivity contribution in [3.05, 3.63) is 70.6 Å². The van der Waals surface area contributed by atoms with Gasteiger partial charge in [0, 0.05) is 16.7 Å². The van der Waals surface area contributed by atoms with E-state index in [9.17, 15) is 4.79 Å². The Morgan fingerprint density at radius 3 is 2.86 bits per heavy atom. The van der Waals surface area contributed by atoms with Gasteiger partial charge >= 0.3 is 0 Å². The molecule has 0 unspecified atom stereocenters. The maximum Gasteiger partial charge on any atom is 0.244 e.